The van der Waals surface area contributed by atoms with Crippen molar-refractivity contribution >= 4 is 34.6 Å². The monoisotopic (exact) mass is 462 g/mol. The minimum absolute atomic E-state index is 0.243. The fraction of sp³-hybridized carbons (Fsp3) is 0.158. The number of carboxylic acids is 1. The van der Waals surface area contributed by atoms with Gasteiger partial charge in [-0.25, -0.2) is 14.8 Å². The Morgan fingerprint density at radius 3 is 2.78 bits per heavy atom. The van der Waals surface area contributed by atoms with E-state index in [1.54, 1.807) is 16.9 Å². The van der Waals surface area contributed by atoms with E-state index >= 15 is 0 Å². The zero-order valence-electron chi connectivity index (χ0n) is 15.9. The van der Waals surface area contributed by atoms with E-state index in [1.807, 2.05) is 23.8 Å². The van der Waals surface area contributed by atoms with Crippen molar-refractivity contribution in [2.75, 3.05) is 0 Å². The molecule has 0 aliphatic carbocycles. The number of alkyl halides is 3. The first-order chi connectivity index (χ1) is 15.2. The molecule has 0 saturated carbocycles. The van der Waals surface area contributed by atoms with Crippen molar-refractivity contribution in [3.8, 4) is 17.3 Å². The van der Waals surface area contributed by atoms with Crippen LogP contribution in [0.5, 0.6) is 0 Å². The second-order valence-electron chi connectivity index (χ2n) is 6.25. The average molecular weight is 462 g/mol. The van der Waals surface area contributed by atoms with E-state index in [1.165, 1.54) is 17.7 Å². The Balaban J connectivity index is 0.000000360. The third kappa shape index (κ3) is 4.98. The lowest BCUT2D eigenvalue weighted by Gasteiger charge is -2.12. The van der Waals surface area contributed by atoms with Gasteiger partial charge in [-0.3, -0.25) is 9.48 Å². The average Bonchev–Trinajstić information content (AvgIpc) is 3.52. The van der Waals surface area contributed by atoms with Gasteiger partial charge in [-0.15, -0.1) is 11.3 Å². The van der Waals surface area contributed by atoms with Gasteiger partial charge < -0.3 is 10.1 Å². The number of nitriles is 1. The lowest BCUT2D eigenvalue weighted by atomic mass is 10.1. The molecule has 164 valence electrons. The molecule has 32 heavy (non-hydrogen) atoms. The molecule has 0 amide bonds. The van der Waals surface area contributed by atoms with Crippen LogP contribution in [0, 0.1) is 11.3 Å². The van der Waals surface area contributed by atoms with Crippen LogP contribution in [0.3, 0.4) is 0 Å². The van der Waals surface area contributed by atoms with Crippen LogP contribution in [0.2, 0.25) is 0 Å². The highest BCUT2D eigenvalue weighted by molar-refractivity contribution is 7.11. The van der Waals surface area contributed by atoms with Gasteiger partial charge in [0.1, 0.15) is 12.0 Å². The molecule has 0 spiro atoms. The minimum Gasteiger partial charge on any atom is -0.475 e. The van der Waals surface area contributed by atoms with E-state index in [0.717, 1.165) is 34.1 Å². The number of hydrogen-bond acceptors (Lipinski definition) is 7. The van der Waals surface area contributed by atoms with Gasteiger partial charge in [0, 0.05) is 23.3 Å². The van der Waals surface area contributed by atoms with Crippen molar-refractivity contribution in [2.24, 2.45) is 0 Å². The molecule has 0 fully saturated rings. The van der Waals surface area contributed by atoms with E-state index in [2.05, 4.69) is 26.1 Å². The predicted octanol–water partition coefficient (Wildman–Crippen LogP) is 3.83. The third-order valence-corrected chi connectivity index (χ3v) is 5.09. The number of carbonyl (C=O) groups is 2. The number of carboxylic acid groups (broad SMARTS) is 1. The quantitative estimate of drug-likeness (QED) is 0.430. The van der Waals surface area contributed by atoms with Crippen molar-refractivity contribution < 1.29 is 27.9 Å². The van der Waals surface area contributed by atoms with Gasteiger partial charge in [0.15, 0.2) is 6.29 Å². The number of aldehydes is 1. The topological polar surface area (TPSA) is 138 Å². The van der Waals surface area contributed by atoms with Crippen molar-refractivity contribution in [2.45, 2.75) is 18.6 Å². The molecule has 9 nitrogen and oxygen atoms in total. The maximum absolute atomic E-state index is 10.9. The molecule has 0 aliphatic heterocycles. The molecule has 2 N–H and O–H groups in total. The molecule has 13 heteroatoms. The Morgan fingerprint density at radius 1 is 1.41 bits per heavy atom. The number of aromatic nitrogens is 5. The zero-order chi connectivity index (χ0) is 23.3. The molecule has 0 radical (unpaired) electrons. The SMILES string of the molecule is N#CCC(c1csc(C=O)c1)n1cc(-c2ncnc3[nH]ccc23)cn1.O=C(O)C(F)(F)F. The third-order valence-electron chi connectivity index (χ3n) is 4.22. The Bertz CT molecular complexity index is 1290. The Hall–Kier alpha value is -4.05. The first-order valence-corrected chi connectivity index (χ1v) is 9.65. The van der Waals surface area contributed by atoms with Gasteiger partial charge in [0.05, 0.1) is 35.3 Å². The van der Waals surface area contributed by atoms with Gasteiger partial charge in [-0.1, -0.05) is 0 Å². The number of nitrogens with one attached hydrogen (secondary N) is 1. The number of nitrogens with zero attached hydrogens (tertiary/aromatic N) is 5. The summed E-state index contributed by atoms with van der Waals surface area (Å²) in [7, 11) is 0. The molecule has 4 rings (SSSR count). The molecule has 0 aliphatic rings. The summed E-state index contributed by atoms with van der Waals surface area (Å²) in [5.74, 6) is -2.76. The summed E-state index contributed by atoms with van der Waals surface area (Å²) in [5, 5.41) is 23.5. The lowest BCUT2D eigenvalue weighted by molar-refractivity contribution is -0.192. The van der Waals surface area contributed by atoms with Gasteiger partial charge in [0.2, 0.25) is 0 Å². The van der Waals surface area contributed by atoms with E-state index in [0.29, 0.717) is 4.88 Å². The first-order valence-electron chi connectivity index (χ1n) is 8.78. The summed E-state index contributed by atoms with van der Waals surface area (Å²) in [5.41, 5.74) is 3.30. The number of carbonyl (C=O) groups excluding carboxylic acids is 1. The number of fused-ring (bicyclic) bond motifs is 1. The minimum atomic E-state index is -5.08. The van der Waals surface area contributed by atoms with Crippen molar-refractivity contribution in [1.29, 1.82) is 5.26 Å². The Kier molecular flexibility index (Phi) is 6.64. The van der Waals surface area contributed by atoms with E-state index < -0.39 is 12.1 Å². The summed E-state index contributed by atoms with van der Waals surface area (Å²) >= 11 is 1.36. The van der Waals surface area contributed by atoms with Crippen molar-refractivity contribution in [3.63, 3.8) is 0 Å². The van der Waals surface area contributed by atoms with Gasteiger partial charge >= 0.3 is 12.1 Å². The summed E-state index contributed by atoms with van der Waals surface area (Å²) in [6.07, 6.45) is 2.92. The van der Waals surface area contributed by atoms with Gasteiger partial charge in [-0.2, -0.15) is 23.5 Å². The molecule has 1 atom stereocenters. The number of thiophene rings is 1. The van der Waals surface area contributed by atoms with Crippen LogP contribution >= 0.6 is 11.3 Å². The molecule has 0 bridgehead atoms. The number of hydrogen-bond donors (Lipinski definition) is 2. The number of aromatic amines is 1. The summed E-state index contributed by atoms with van der Waals surface area (Å²) in [6, 6.07) is 5.67. The molecule has 0 aromatic carbocycles. The highest BCUT2D eigenvalue weighted by Gasteiger charge is 2.38. The van der Waals surface area contributed by atoms with Crippen molar-refractivity contribution in [1.82, 2.24) is 24.7 Å². The number of halogens is 3. The molecule has 4 aromatic heterocycles. The summed E-state index contributed by atoms with van der Waals surface area (Å²) in [4.78, 5) is 32.1. The van der Waals surface area contributed by atoms with Gasteiger partial charge in [-0.05, 0) is 23.1 Å². The summed E-state index contributed by atoms with van der Waals surface area (Å²) < 4.78 is 33.5. The fourth-order valence-electron chi connectivity index (χ4n) is 2.79. The normalized spacial score (nSPS) is 11.9. The zero-order valence-corrected chi connectivity index (χ0v) is 16.8. The molecule has 1 unspecified atom stereocenters. The number of rotatable bonds is 5. The Labute approximate surface area is 181 Å². The van der Waals surface area contributed by atoms with Crippen LogP contribution in [0.15, 0.2) is 42.4 Å². The van der Waals surface area contributed by atoms with Crippen LogP contribution in [0.25, 0.3) is 22.3 Å². The smallest absolute Gasteiger partial charge is 0.475 e. The molecular weight excluding hydrogens is 449 g/mol. The highest BCUT2D eigenvalue weighted by atomic mass is 32.1. The maximum atomic E-state index is 10.9. The predicted molar refractivity (Wildman–Crippen MR) is 107 cm³/mol. The largest absolute Gasteiger partial charge is 0.490 e. The number of aliphatic carboxylic acids is 1. The second kappa shape index (κ2) is 9.40. The molecule has 4 aromatic rings. The van der Waals surface area contributed by atoms with Crippen LogP contribution < -0.4 is 0 Å². The molecule has 4 heterocycles. The lowest BCUT2D eigenvalue weighted by Crippen LogP contribution is -2.21. The molecule has 0 saturated heterocycles. The fourth-order valence-corrected chi connectivity index (χ4v) is 3.55. The standard InChI is InChI=1S/C17H12N6OS.C2HF3O2/c18-3-1-15(11-5-13(8-24)25-9-11)23-7-12(6-22-23)16-14-2-4-19-17(14)21-10-20-16;3-2(4,5)1(6)7/h2,4-10,15H,1H2,(H,19,20,21);(H,6,7). The van der Waals surface area contributed by atoms with E-state index in [4.69, 9.17) is 9.90 Å². The number of H-pyrrole nitrogens is 1. The summed E-state index contributed by atoms with van der Waals surface area (Å²) in [6.45, 7) is 0. The van der Waals surface area contributed by atoms with Crippen LogP contribution in [0.4, 0.5) is 13.2 Å². The molecular formula is C19H13F3N6O3S. The van der Waals surface area contributed by atoms with Crippen LogP contribution in [-0.2, 0) is 4.79 Å². The van der Waals surface area contributed by atoms with Crippen LogP contribution in [0.1, 0.15) is 27.7 Å². The van der Waals surface area contributed by atoms with E-state index in [9.17, 15) is 23.2 Å². The first kappa shape index (κ1) is 22.6. The van der Waals surface area contributed by atoms with E-state index in [-0.39, 0.29) is 12.5 Å². The highest BCUT2D eigenvalue weighted by Crippen LogP contribution is 2.29. The van der Waals surface area contributed by atoms with Crippen molar-refractivity contribution in [3.05, 3.63) is 52.9 Å². The maximum Gasteiger partial charge on any atom is 0.490 e. The van der Waals surface area contributed by atoms with Gasteiger partial charge in [0.25, 0.3) is 0 Å². The second-order valence-corrected chi connectivity index (χ2v) is 7.20. The van der Waals surface area contributed by atoms with Crippen LogP contribution in [-0.4, -0.2) is 48.3 Å². The Morgan fingerprint density at radius 2 is 2.16 bits per heavy atom.